The van der Waals surface area contributed by atoms with Crippen LogP contribution in [0.2, 0.25) is 0 Å². The minimum Gasteiger partial charge on any atom is -0.464 e. The van der Waals surface area contributed by atoms with Crippen LogP contribution >= 0.6 is 11.3 Å². The fourth-order valence-corrected chi connectivity index (χ4v) is 2.22. The molecule has 0 saturated heterocycles. The van der Waals surface area contributed by atoms with Crippen molar-refractivity contribution in [2.24, 2.45) is 5.92 Å². The second-order valence-corrected chi connectivity index (χ2v) is 5.64. The molecule has 0 aliphatic heterocycles. The van der Waals surface area contributed by atoms with Crippen molar-refractivity contribution in [2.45, 2.75) is 40.2 Å². The number of hydrogen-bond acceptors (Lipinski definition) is 5. The second-order valence-electron chi connectivity index (χ2n) is 4.58. The van der Waals surface area contributed by atoms with Crippen LogP contribution < -0.4 is 5.32 Å². The van der Waals surface area contributed by atoms with Gasteiger partial charge >= 0.3 is 5.97 Å². The third-order valence-corrected chi connectivity index (χ3v) is 3.35. The molecule has 0 aromatic carbocycles. The van der Waals surface area contributed by atoms with E-state index in [9.17, 15) is 9.59 Å². The highest BCUT2D eigenvalue weighted by Crippen LogP contribution is 2.09. The molecular formula is C13H20N2O3S. The Morgan fingerprint density at radius 1 is 1.47 bits per heavy atom. The van der Waals surface area contributed by atoms with E-state index >= 15 is 0 Å². The Hall–Kier alpha value is -1.43. The molecule has 0 fully saturated rings. The molecule has 0 spiro atoms. The predicted molar refractivity (Wildman–Crippen MR) is 74.0 cm³/mol. The minimum absolute atomic E-state index is 0.0137. The van der Waals surface area contributed by atoms with Gasteiger partial charge in [-0.1, -0.05) is 13.8 Å². The Bertz CT molecular complexity index is 443. The van der Waals surface area contributed by atoms with Crippen molar-refractivity contribution in [1.29, 1.82) is 0 Å². The first-order valence-corrected chi connectivity index (χ1v) is 7.19. The van der Waals surface area contributed by atoms with Crippen molar-refractivity contribution in [3.05, 3.63) is 16.1 Å². The van der Waals surface area contributed by atoms with Gasteiger partial charge in [0.25, 0.3) is 0 Å². The first kappa shape index (κ1) is 15.6. The van der Waals surface area contributed by atoms with Crippen molar-refractivity contribution in [1.82, 2.24) is 10.3 Å². The molecule has 106 valence electrons. The SMILES string of the molecule is CCOC(=O)C(NC(=O)Cc1csc(C)n1)C(C)C. The smallest absolute Gasteiger partial charge is 0.328 e. The number of aromatic nitrogens is 1. The van der Waals surface area contributed by atoms with Crippen LogP contribution in [0.4, 0.5) is 0 Å². The molecule has 0 radical (unpaired) electrons. The van der Waals surface area contributed by atoms with Gasteiger partial charge in [-0.25, -0.2) is 9.78 Å². The Morgan fingerprint density at radius 2 is 2.16 bits per heavy atom. The minimum atomic E-state index is -0.604. The molecule has 0 aliphatic rings. The summed E-state index contributed by atoms with van der Waals surface area (Å²) in [5.41, 5.74) is 0.728. The summed E-state index contributed by atoms with van der Waals surface area (Å²) in [5.74, 6) is -0.613. The molecule has 1 N–H and O–H groups in total. The lowest BCUT2D eigenvalue weighted by atomic mass is 10.0. The van der Waals surface area contributed by atoms with Gasteiger partial charge in [0.2, 0.25) is 5.91 Å². The Morgan fingerprint density at radius 3 is 2.63 bits per heavy atom. The summed E-state index contributed by atoms with van der Waals surface area (Å²) >= 11 is 1.50. The third kappa shape index (κ3) is 4.98. The molecule has 1 aromatic heterocycles. The van der Waals surface area contributed by atoms with E-state index in [1.165, 1.54) is 11.3 Å². The van der Waals surface area contributed by atoms with Crippen LogP contribution in [-0.2, 0) is 20.7 Å². The maximum absolute atomic E-state index is 11.9. The topological polar surface area (TPSA) is 68.3 Å². The summed E-state index contributed by atoms with van der Waals surface area (Å²) < 4.78 is 4.95. The molecule has 6 heteroatoms. The van der Waals surface area contributed by atoms with Crippen molar-refractivity contribution in [3.8, 4) is 0 Å². The van der Waals surface area contributed by atoms with Gasteiger partial charge in [0.15, 0.2) is 0 Å². The number of esters is 1. The van der Waals surface area contributed by atoms with E-state index in [2.05, 4.69) is 10.3 Å². The highest BCUT2D eigenvalue weighted by atomic mass is 32.1. The van der Waals surface area contributed by atoms with Crippen molar-refractivity contribution in [3.63, 3.8) is 0 Å². The molecular weight excluding hydrogens is 264 g/mol. The van der Waals surface area contributed by atoms with E-state index in [1.54, 1.807) is 6.92 Å². The number of carbonyl (C=O) groups is 2. The number of carbonyl (C=O) groups excluding carboxylic acids is 2. The largest absolute Gasteiger partial charge is 0.464 e. The molecule has 1 aromatic rings. The Balaban J connectivity index is 2.59. The summed E-state index contributed by atoms with van der Waals surface area (Å²) in [5, 5.41) is 5.49. The number of amides is 1. The standard InChI is InChI=1S/C13H20N2O3S/c1-5-18-13(17)12(8(2)3)15-11(16)6-10-7-19-9(4)14-10/h7-8,12H,5-6H2,1-4H3,(H,15,16). The van der Waals surface area contributed by atoms with Gasteiger partial charge in [0.05, 0.1) is 23.7 Å². The quantitative estimate of drug-likeness (QED) is 0.807. The van der Waals surface area contributed by atoms with E-state index in [4.69, 9.17) is 4.74 Å². The molecule has 1 rings (SSSR count). The van der Waals surface area contributed by atoms with E-state index in [-0.39, 0.29) is 24.2 Å². The van der Waals surface area contributed by atoms with Gasteiger partial charge in [-0.2, -0.15) is 0 Å². The van der Waals surface area contributed by atoms with Gasteiger partial charge in [-0.05, 0) is 19.8 Å². The van der Waals surface area contributed by atoms with E-state index in [0.29, 0.717) is 6.61 Å². The lowest BCUT2D eigenvalue weighted by Gasteiger charge is -2.20. The summed E-state index contributed by atoms with van der Waals surface area (Å²) in [6.45, 7) is 7.68. The molecule has 0 aliphatic carbocycles. The zero-order valence-electron chi connectivity index (χ0n) is 11.7. The average molecular weight is 284 g/mol. The summed E-state index contributed by atoms with van der Waals surface area (Å²) in [6.07, 6.45) is 0.187. The van der Waals surface area contributed by atoms with Gasteiger partial charge < -0.3 is 10.1 Å². The zero-order chi connectivity index (χ0) is 14.4. The van der Waals surface area contributed by atoms with Crippen LogP contribution in [-0.4, -0.2) is 29.5 Å². The normalized spacial score (nSPS) is 12.3. The van der Waals surface area contributed by atoms with Gasteiger partial charge in [-0.15, -0.1) is 11.3 Å². The van der Waals surface area contributed by atoms with Crippen LogP contribution in [0.25, 0.3) is 0 Å². The molecule has 0 bridgehead atoms. The maximum atomic E-state index is 11.9. The highest BCUT2D eigenvalue weighted by Gasteiger charge is 2.25. The number of nitrogens with zero attached hydrogens (tertiary/aromatic N) is 1. The van der Waals surface area contributed by atoms with Crippen LogP contribution in [0.3, 0.4) is 0 Å². The lowest BCUT2D eigenvalue weighted by Crippen LogP contribution is -2.45. The second kappa shape index (κ2) is 7.23. The number of aryl methyl sites for hydroxylation is 1. The Labute approximate surface area is 117 Å². The number of ether oxygens (including phenoxy) is 1. The predicted octanol–water partition coefficient (Wildman–Crippen LogP) is 1.70. The molecule has 19 heavy (non-hydrogen) atoms. The summed E-state index contributed by atoms with van der Waals surface area (Å²) in [6, 6.07) is -0.604. The molecule has 5 nitrogen and oxygen atoms in total. The monoisotopic (exact) mass is 284 g/mol. The first-order chi connectivity index (χ1) is 8.93. The highest BCUT2D eigenvalue weighted by molar-refractivity contribution is 7.09. The number of nitrogens with one attached hydrogen (secondary N) is 1. The van der Waals surface area contributed by atoms with Gasteiger partial charge in [0.1, 0.15) is 6.04 Å². The van der Waals surface area contributed by atoms with E-state index in [1.807, 2.05) is 26.2 Å². The molecule has 1 amide bonds. The number of thiazole rings is 1. The van der Waals surface area contributed by atoms with E-state index < -0.39 is 6.04 Å². The molecule has 1 atom stereocenters. The van der Waals surface area contributed by atoms with Crippen LogP contribution in [0.1, 0.15) is 31.5 Å². The van der Waals surface area contributed by atoms with Crippen LogP contribution in [0.5, 0.6) is 0 Å². The lowest BCUT2D eigenvalue weighted by molar-refractivity contribution is -0.148. The van der Waals surface area contributed by atoms with E-state index in [0.717, 1.165) is 10.7 Å². The summed E-state index contributed by atoms with van der Waals surface area (Å²) in [7, 11) is 0. The Kier molecular flexibility index (Phi) is 5.95. The van der Waals surface area contributed by atoms with Crippen molar-refractivity contribution >= 4 is 23.2 Å². The fraction of sp³-hybridized carbons (Fsp3) is 0.615. The zero-order valence-corrected chi connectivity index (χ0v) is 12.5. The molecule has 1 unspecified atom stereocenters. The van der Waals surface area contributed by atoms with Crippen molar-refractivity contribution < 1.29 is 14.3 Å². The third-order valence-electron chi connectivity index (χ3n) is 2.53. The fourth-order valence-electron chi connectivity index (χ4n) is 1.61. The number of hydrogen-bond donors (Lipinski definition) is 1. The van der Waals surface area contributed by atoms with Gasteiger partial charge in [0, 0.05) is 5.38 Å². The van der Waals surface area contributed by atoms with Gasteiger partial charge in [-0.3, -0.25) is 4.79 Å². The molecule has 0 saturated carbocycles. The average Bonchev–Trinajstić information content (AvgIpc) is 2.71. The molecule has 1 heterocycles. The number of rotatable bonds is 6. The summed E-state index contributed by atoms with van der Waals surface area (Å²) in [4.78, 5) is 27.8. The van der Waals surface area contributed by atoms with Crippen LogP contribution in [0.15, 0.2) is 5.38 Å². The first-order valence-electron chi connectivity index (χ1n) is 6.31. The maximum Gasteiger partial charge on any atom is 0.328 e. The van der Waals surface area contributed by atoms with Crippen molar-refractivity contribution in [2.75, 3.05) is 6.61 Å². The van der Waals surface area contributed by atoms with Crippen LogP contribution in [0, 0.1) is 12.8 Å².